The molecule has 2 N–H and O–H groups in total. The van der Waals surface area contributed by atoms with E-state index in [9.17, 15) is 18.0 Å². The Bertz CT molecular complexity index is 783. The molecular weight excluding hydrogens is 390 g/mol. The molecule has 1 saturated carbocycles. The first-order valence-electron chi connectivity index (χ1n) is 10.5. The third-order valence-corrected chi connectivity index (χ3v) is 7.63. The topological polar surface area (TPSA) is 95.6 Å². The fourth-order valence-corrected chi connectivity index (χ4v) is 5.65. The molecule has 1 aliphatic heterocycles. The minimum Gasteiger partial charge on any atom is -0.355 e. The zero-order chi connectivity index (χ0) is 20.7. The molecule has 3 rings (SSSR count). The van der Waals surface area contributed by atoms with Gasteiger partial charge in [-0.2, -0.15) is 0 Å². The minimum atomic E-state index is -3.38. The van der Waals surface area contributed by atoms with Gasteiger partial charge in [0.15, 0.2) is 0 Å². The molecule has 160 valence electrons. The van der Waals surface area contributed by atoms with E-state index in [1.54, 1.807) is 12.1 Å². The normalized spacial score (nSPS) is 19.2. The average Bonchev–Trinajstić information content (AvgIpc) is 3.21. The van der Waals surface area contributed by atoms with Gasteiger partial charge in [-0.25, -0.2) is 12.7 Å². The Hall–Kier alpha value is -1.93. The lowest BCUT2D eigenvalue weighted by molar-refractivity contribution is -0.126. The molecule has 0 bridgehead atoms. The Morgan fingerprint density at radius 1 is 1.00 bits per heavy atom. The van der Waals surface area contributed by atoms with Gasteiger partial charge in [-0.1, -0.05) is 43.2 Å². The van der Waals surface area contributed by atoms with E-state index in [1.807, 2.05) is 18.2 Å². The maximum Gasteiger partial charge on any atom is 0.223 e. The Morgan fingerprint density at radius 3 is 2.31 bits per heavy atom. The molecule has 7 nitrogen and oxygen atoms in total. The first-order valence-corrected chi connectivity index (χ1v) is 12.1. The Balaban J connectivity index is 1.37. The lowest BCUT2D eigenvalue weighted by Gasteiger charge is -2.30. The first kappa shape index (κ1) is 21.8. The Labute approximate surface area is 173 Å². The highest BCUT2D eigenvalue weighted by atomic mass is 32.2. The highest BCUT2D eigenvalue weighted by molar-refractivity contribution is 7.88. The quantitative estimate of drug-likeness (QED) is 0.669. The summed E-state index contributed by atoms with van der Waals surface area (Å²) in [5.41, 5.74) is 0.767. The van der Waals surface area contributed by atoms with E-state index in [0.717, 1.165) is 18.4 Å². The van der Waals surface area contributed by atoms with Crippen LogP contribution in [0.2, 0.25) is 0 Å². The Kier molecular flexibility index (Phi) is 7.66. The van der Waals surface area contributed by atoms with Crippen LogP contribution in [0, 0.1) is 5.92 Å². The van der Waals surface area contributed by atoms with Crippen molar-refractivity contribution in [1.29, 1.82) is 0 Å². The van der Waals surface area contributed by atoms with Gasteiger partial charge in [-0.3, -0.25) is 9.59 Å². The van der Waals surface area contributed by atoms with Crippen LogP contribution in [-0.2, 0) is 25.4 Å². The fraction of sp³-hybridized carbons (Fsp3) is 0.619. The van der Waals surface area contributed by atoms with Crippen molar-refractivity contribution in [3.05, 3.63) is 35.9 Å². The van der Waals surface area contributed by atoms with Crippen molar-refractivity contribution in [2.45, 2.75) is 56.7 Å². The van der Waals surface area contributed by atoms with Crippen LogP contribution in [0.5, 0.6) is 0 Å². The van der Waals surface area contributed by atoms with Crippen LogP contribution in [0.25, 0.3) is 0 Å². The molecule has 2 fully saturated rings. The van der Waals surface area contributed by atoms with E-state index in [-0.39, 0.29) is 29.9 Å². The number of benzene rings is 1. The molecule has 8 heteroatoms. The number of carbonyl (C=O) groups excluding carboxylic acids is 2. The number of sulfonamides is 1. The summed E-state index contributed by atoms with van der Waals surface area (Å²) in [6.45, 7) is 1.04. The molecule has 1 aliphatic carbocycles. The third-order valence-electron chi connectivity index (χ3n) is 5.78. The molecule has 0 radical (unpaired) electrons. The minimum absolute atomic E-state index is 0.0131. The highest BCUT2D eigenvalue weighted by Gasteiger charge is 2.31. The summed E-state index contributed by atoms with van der Waals surface area (Å²) in [4.78, 5) is 24.3. The van der Waals surface area contributed by atoms with Crippen LogP contribution in [0.1, 0.15) is 50.5 Å². The number of amides is 2. The summed E-state index contributed by atoms with van der Waals surface area (Å²) in [5.74, 6) is -0.310. The Morgan fingerprint density at radius 2 is 1.66 bits per heavy atom. The van der Waals surface area contributed by atoms with Crippen LogP contribution < -0.4 is 10.6 Å². The van der Waals surface area contributed by atoms with E-state index < -0.39 is 10.0 Å². The van der Waals surface area contributed by atoms with E-state index in [4.69, 9.17) is 0 Å². The highest BCUT2D eigenvalue weighted by Crippen LogP contribution is 2.22. The van der Waals surface area contributed by atoms with Gasteiger partial charge in [-0.15, -0.1) is 0 Å². The zero-order valence-corrected chi connectivity index (χ0v) is 17.6. The smallest absolute Gasteiger partial charge is 0.223 e. The van der Waals surface area contributed by atoms with Crippen LogP contribution in [0.15, 0.2) is 30.3 Å². The summed E-state index contributed by atoms with van der Waals surface area (Å²) in [6, 6.07) is 9.42. The number of piperidine rings is 1. The van der Waals surface area contributed by atoms with Gasteiger partial charge in [0.05, 0.1) is 5.75 Å². The molecule has 0 spiro atoms. The lowest BCUT2D eigenvalue weighted by Crippen LogP contribution is -2.44. The standard InChI is InChI=1S/C21H31N3O4S/c25-20(23-19-8-4-5-9-19)10-13-22-21(26)18-11-14-24(15-12-18)29(27,28)16-17-6-2-1-3-7-17/h1-3,6-7,18-19H,4-5,8-16H2,(H,22,26)(H,23,25). The number of hydrogen-bond donors (Lipinski definition) is 2. The van der Waals surface area contributed by atoms with Crippen LogP contribution in [-0.4, -0.2) is 50.2 Å². The second-order valence-corrected chi connectivity index (χ2v) is 9.97. The summed E-state index contributed by atoms with van der Waals surface area (Å²) >= 11 is 0. The van der Waals surface area contributed by atoms with Crippen LogP contribution >= 0.6 is 0 Å². The third kappa shape index (κ3) is 6.54. The largest absolute Gasteiger partial charge is 0.355 e. The molecule has 0 aromatic heterocycles. The fourth-order valence-electron chi connectivity index (χ4n) is 4.09. The van der Waals surface area contributed by atoms with Crippen molar-refractivity contribution in [3.8, 4) is 0 Å². The SMILES string of the molecule is O=C(CCNC(=O)C1CCN(S(=O)(=O)Cc2ccccc2)CC1)NC1CCCC1. The molecule has 29 heavy (non-hydrogen) atoms. The summed E-state index contributed by atoms with van der Waals surface area (Å²) in [6.07, 6.45) is 5.73. The lowest BCUT2D eigenvalue weighted by atomic mass is 9.97. The molecule has 1 heterocycles. The summed E-state index contributed by atoms with van der Waals surface area (Å²) < 4.78 is 26.7. The molecule has 2 amide bonds. The van der Waals surface area contributed by atoms with Crippen molar-refractivity contribution in [2.75, 3.05) is 19.6 Å². The van der Waals surface area contributed by atoms with E-state index >= 15 is 0 Å². The van der Waals surface area contributed by atoms with E-state index in [2.05, 4.69) is 10.6 Å². The first-order chi connectivity index (χ1) is 13.9. The summed E-state index contributed by atoms with van der Waals surface area (Å²) in [7, 11) is -3.38. The predicted molar refractivity (Wildman–Crippen MR) is 111 cm³/mol. The van der Waals surface area contributed by atoms with Gasteiger partial charge in [0.2, 0.25) is 21.8 Å². The van der Waals surface area contributed by atoms with Crippen LogP contribution in [0.3, 0.4) is 0 Å². The second kappa shape index (κ2) is 10.2. The van der Waals surface area contributed by atoms with Crippen molar-refractivity contribution >= 4 is 21.8 Å². The maximum absolute atomic E-state index is 12.6. The summed E-state index contributed by atoms with van der Waals surface area (Å²) in [5, 5.41) is 5.84. The van der Waals surface area contributed by atoms with Crippen molar-refractivity contribution in [1.82, 2.24) is 14.9 Å². The number of carbonyl (C=O) groups is 2. The van der Waals surface area contributed by atoms with Gasteiger partial charge in [0.1, 0.15) is 0 Å². The number of nitrogens with zero attached hydrogens (tertiary/aromatic N) is 1. The molecule has 2 aliphatic rings. The number of nitrogens with one attached hydrogen (secondary N) is 2. The molecule has 1 saturated heterocycles. The monoisotopic (exact) mass is 421 g/mol. The zero-order valence-electron chi connectivity index (χ0n) is 16.8. The molecule has 0 atom stereocenters. The van der Waals surface area contributed by atoms with Gasteiger partial charge in [-0.05, 0) is 31.2 Å². The predicted octanol–water partition coefficient (Wildman–Crippen LogP) is 1.79. The van der Waals surface area contributed by atoms with Gasteiger partial charge < -0.3 is 10.6 Å². The maximum atomic E-state index is 12.6. The van der Waals surface area contributed by atoms with Crippen LogP contribution in [0.4, 0.5) is 0 Å². The molecule has 0 unspecified atom stereocenters. The van der Waals surface area contributed by atoms with E-state index in [0.29, 0.717) is 38.5 Å². The van der Waals surface area contributed by atoms with E-state index in [1.165, 1.54) is 17.1 Å². The second-order valence-electron chi connectivity index (χ2n) is 8.01. The molecule has 1 aromatic rings. The van der Waals surface area contributed by atoms with Gasteiger partial charge in [0.25, 0.3) is 0 Å². The molecular formula is C21H31N3O4S. The van der Waals surface area contributed by atoms with Crippen molar-refractivity contribution < 1.29 is 18.0 Å². The molecule has 1 aromatic carbocycles. The van der Waals surface area contributed by atoms with Crippen molar-refractivity contribution in [2.24, 2.45) is 5.92 Å². The van der Waals surface area contributed by atoms with Gasteiger partial charge in [0, 0.05) is 38.0 Å². The van der Waals surface area contributed by atoms with Crippen molar-refractivity contribution in [3.63, 3.8) is 0 Å². The number of rotatable bonds is 8. The average molecular weight is 422 g/mol. The number of hydrogen-bond acceptors (Lipinski definition) is 4. The van der Waals surface area contributed by atoms with Gasteiger partial charge >= 0.3 is 0 Å².